The van der Waals surface area contributed by atoms with Gasteiger partial charge in [-0.15, -0.1) is 11.3 Å². The number of rotatable bonds is 3. The van der Waals surface area contributed by atoms with E-state index < -0.39 is 0 Å². The molecular formula is C14H21N3S3. The monoisotopic (exact) mass is 327 g/mol. The van der Waals surface area contributed by atoms with Crippen molar-refractivity contribution in [3.05, 3.63) is 17.8 Å². The van der Waals surface area contributed by atoms with Gasteiger partial charge in [0, 0.05) is 4.75 Å². The Hall–Kier alpha value is -0.590. The van der Waals surface area contributed by atoms with E-state index in [-0.39, 0.29) is 4.75 Å². The van der Waals surface area contributed by atoms with E-state index in [4.69, 9.17) is 0 Å². The fourth-order valence-corrected chi connectivity index (χ4v) is 3.11. The number of hydrogen-bond acceptors (Lipinski definition) is 6. The number of nitrogens with zero attached hydrogens (tertiary/aromatic N) is 3. The second kappa shape index (κ2) is 8.00. The Bertz CT molecular complexity index is 571. The summed E-state index contributed by atoms with van der Waals surface area (Å²) in [4.78, 5) is 8.94. The van der Waals surface area contributed by atoms with Crippen molar-refractivity contribution in [3.8, 4) is 0 Å². The van der Waals surface area contributed by atoms with Crippen LogP contribution in [0.2, 0.25) is 0 Å². The van der Waals surface area contributed by atoms with Gasteiger partial charge in [-0.05, 0) is 51.1 Å². The zero-order chi connectivity index (χ0) is 15.2. The van der Waals surface area contributed by atoms with Crippen LogP contribution >= 0.6 is 35.0 Å². The average Bonchev–Trinajstić information content (AvgIpc) is 2.82. The van der Waals surface area contributed by atoms with Gasteiger partial charge in [-0.3, -0.25) is 0 Å². The van der Waals surface area contributed by atoms with E-state index in [9.17, 15) is 0 Å². The molecule has 2 rings (SSSR count). The third-order valence-corrected chi connectivity index (χ3v) is 4.70. The Morgan fingerprint density at radius 1 is 1.20 bits per heavy atom. The molecule has 0 aliphatic rings. The number of pyridine rings is 1. The maximum atomic E-state index is 4.49. The number of thiazole rings is 1. The second-order valence-electron chi connectivity index (χ2n) is 4.68. The molecule has 2 heterocycles. The van der Waals surface area contributed by atoms with Crippen molar-refractivity contribution >= 4 is 51.6 Å². The van der Waals surface area contributed by atoms with Gasteiger partial charge in [0.25, 0.3) is 0 Å². The van der Waals surface area contributed by atoms with Gasteiger partial charge >= 0.3 is 0 Å². The third kappa shape index (κ3) is 5.42. The molecule has 0 aliphatic heterocycles. The molecule has 2 aromatic rings. The van der Waals surface area contributed by atoms with Gasteiger partial charge in [0.15, 0.2) is 9.99 Å². The summed E-state index contributed by atoms with van der Waals surface area (Å²) in [5, 5.41) is 0. The van der Waals surface area contributed by atoms with Crippen molar-refractivity contribution in [3.63, 3.8) is 0 Å². The minimum absolute atomic E-state index is 0.132. The second-order valence-corrected chi connectivity index (χ2v) is 8.38. The van der Waals surface area contributed by atoms with Crippen LogP contribution in [0.25, 0.3) is 10.3 Å². The highest BCUT2D eigenvalue weighted by Crippen LogP contribution is 2.27. The van der Waals surface area contributed by atoms with E-state index in [1.165, 1.54) is 0 Å². The normalized spacial score (nSPS) is 11.7. The summed E-state index contributed by atoms with van der Waals surface area (Å²) in [6.07, 6.45) is 3.83. The zero-order valence-electron chi connectivity index (χ0n) is 12.8. The minimum atomic E-state index is 0.132. The molecule has 0 amide bonds. The lowest BCUT2D eigenvalue weighted by Crippen LogP contribution is -2.05. The molecule has 0 unspecified atom stereocenters. The molecule has 110 valence electrons. The maximum Gasteiger partial charge on any atom is 0.172 e. The number of fused-ring (bicyclic) bond motifs is 1. The van der Waals surface area contributed by atoms with E-state index >= 15 is 0 Å². The van der Waals surface area contributed by atoms with Crippen LogP contribution in [0, 0.1) is 0 Å². The fourth-order valence-electron chi connectivity index (χ4n) is 1.21. The Morgan fingerprint density at radius 2 is 1.90 bits per heavy atom. The highest BCUT2D eigenvalue weighted by Gasteiger charge is 2.09. The van der Waals surface area contributed by atoms with Gasteiger partial charge in [-0.1, -0.05) is 25.6 Å². The summed E-state index contributed by atoms with van der Waals surface area (Å²) in [5.74, 6) is 0. The Labute approximate surface area is 133 Å². The van der Waals surface area contributed by atoms with Crippen LogP contribution in [0.3, 0.4) is 0 Å². The van der Waals surface area contributed by atoms with Crippen molar-refractivity contribution in [2.45, 2.75) is 43.7 Å². The molecule has 6 heteroatoms. The molecule has 0 atom stereocenters. The summed E-state index contributed by atoms with van der Waals surface area (Å²) in [5.41, 5.74) is 1.67. The van der Waals surface area contributed by atoms with E-state index in [0.29, 0.717) is 0 Å². The first kappa shape index (κ1) is 17.5. The molecule has 0 radical (unpaired) electrons. The molecule has 0 aliphatic carbocycles. The molecule has 0 saturated heterocycles. The molecular weight excluding hydrogens is 306 g/mol. The molecule has 3 nitrogen and oxygen atoms in total. The van der Waals surface area contributed by atoms with Crippen LogP contribution in [0.1, 0.15) is 40.3 Å². The quantitative estimate of drug-likeness (QED) is 0.435. The maximum absolute atomic E-state index is 4.49. The van der Waals surface area contributed by atoms with E-state index in [2.05, 4.69) is 41.2 Å². The smallest absolute Gasteiger partial charge is 0.172 e. The Balaban J connectivity index is 0.000000956. The van der Waals surface area contributed by atoms with Crippen LogP contribution in [0.5, 0.6) is 0 Å². The Kier molecular flexibility index (Phi) is 6.99. The predicted molar refractivity (Wildman–Crippen MR) is 95.5 cm³/mol. The lowest BCUT2D eigenvalue weighted by molar-refractivity contribution is 0.804. The van der Waals surface area contributed by atoms with Gasteiger partial charge in [-0.25, -0.2) is 14.4 Å². The highest BCUT2D eigenvalue weighted by atomic mass is 32.2. The van der Waals surface area contributed by atoms with E-state index in [0.717, 1.165) is 20.4 Å². The van der Waals surface area contributed by atoms with E-state index in [1.807, 2.05) is 26.2 Å². The largest absolute Gasteiger partial charge is 0.226 e. The fraction of sp³-hybridized carbons (Fsp3) is 0.500. The van der Waals surface area contributed by atoms with Gasteiger partial charge in [0.1, 0.15) is 0 Å². The van der Waals surface area contributed by atoms with Crippen molar-refractivity contribution in [1.29, 1.82) is 0 Å². The SMILES string of the molecule is CC.CSc1nc2nc(/C=N\SC(C)(C)C)ccc2s1. The highest BCUT2D eigenvalue weighted by molar-refractivity contribution is 8.00. The zero-order valence-corrected chi connectivity index (χ0v) is 15.2. The molecule has 0 saturated carbocycles. The summed E-state index contributed by atoms with van der Waals surface area (Å²) in [6, 6.07) is 4.04. The molecule has 20 heavy (non-hydrogen) atoms. The third-order valence-electron chi connectivity index (χ3n) is 1.94. The molecule has 0 aromatic carbocycles. The van der Waals surface area contributed by atoms with Gasteiger partial charge < -0.3 is 0 Å². The Morgan fingerprint density at radius 3 is 2.50 bits per heavy atom. The standard InChI is InChI=1S/C12H15N3S3.C2H6/c1-12(2,3)18-13-7-8-5-6-9-10(14-8)15-11(16-4)17-9;1-2/h5-7H,1-4H3;1-2H3/b13-7-;. The molecule has 0 bridgehead atoms. The first-order valence-corrected chi connectivity index (χ1v) is 9.32. The summed E-state index contributed by atoms with van der Waals surface area (Å²) in [7, 11) is 0. The lowest BCUT2D eigenvalue weighted by atomic mass is 10.3. The molecule has 0 spiro atoms. The molecule has 0 fully saturated rings. The van der Waals surface area contributed by atoms with Crippen LogP contribution in [0.4, 0.5) is 0 Å². The van der Waals surface area contributed by atoms with Crippen molar-refractivity contribution in [2.75, 3.05) is 6.26 Å². The van der Waals surface area contributed by atoms with Crippen LogP contribution in [-0.4, -0.2) is 27.2 Å². The molecule has 2 aromatic heterocycles. The number of hydrogen-bond donors (Lipinski definition) is 0. The van der Waals surface area contributed by atoms with Gasteiger partial charge in [-0.2, -0.15) is 0 Å². The van der Waals surface area contributed by atoms with Crippen LogP contribution < -0.4 is 0 Å². The average molecular weight is 328 g/mol. The molecule has 0 N–H and O–H groups in total. The predicted octanol–water partition coefficient (Wildman–Crippen LogP) is 5.31. The first-order chi connectivity index (χ1) is 9.48. The van der Waals surface area contributed by atoms with Crippen molar-refractivity contribution < 1.29 is 0 Å². The van der Waals surface area contributed by atoms with E-state index in [1.54, 1.807) is 41.3 Å². The van der Waals surface area contributed by atoms with Gasteiger partial charge in [0.2, 0.25) is 0 Å². The van der Waals surface area contributed by atoms with Crippen LogP contribution in [0.15, 0.2) is 20.9 Å². The van der Waals surface area contributed by atoms with Crippen molar-refractivity contribution in [2.24, 2.45) is 4.40 Å². The van der Waals surface area contributed by atoms with Crippen molar-refractivity contribution in [1.82, 2.24) is 9.97 Å². The minimum Gasteiger partial charge on any atom is -0.226 e. The van der Waals surface area contributed by atoms with Crippen LogP contribution in [-0.2, 0) is 0 Å². The summed E-state index contributed by atoms with van der Waals surface area (Å²) >= 11 is 4.88. The first-order valence-electron chi connectivity index (χ1n) is 6.51. The number of thioether (sulfide) groups is 1. The number of aromatic nitrogens is 2. The lowest BCUT2D eigenvalue weighted by Gasteiger charge is -2.11. The van der Waals surface area contributed by atoms with Gasteiger partial charge in [0.05, 0.1) is 16.6 Å². The summed E-state index contributed by atoms with van der Waals surface area (Å²) < 4.78 is 6.65. The summed E-state index contributed by atoms with van der Waals surface area (Å²) in [6.45, 7) is 10.4. The topological polar surface area (TPSA) is 38.1 Å².